The van der Waals surface area contributed by atoms with Crippen molar-refractivity contribution in [1.82, 2.24) is 14.8 Å². The van der Waals surface area contributed by atoms with Gasteiger partial charge in [0.25, 0.3) is 0 Å². The molecule has 2 aromatic heterocycles. The van der Waals surface area contributed by atoms with Gasteiger partial charge in [0.2, 0.25) is 5.88 Å². The molecule has 0 aliphatic heterocycles. The van der Waals surface area contributed by atoms with Crippen molar-refractivity contribution in [3.63, 3.8) is 0 Å². The summed E-state index contributed by atoms with van der Waals surface area (Å²) < 4.78 is 44.3. The molecule has 0 atom stereocenters. The number of carbonyl (C=O) groups excluding carboxylic acids is 1. The fourth-order valence-corrected chi connectivity index (χ4v) is 5.42. The average Bonchev–Trinajstić information content (AvgIpc) is 3.43. The van der Waals surface area contributed by atoms with Gasteiger partial charge >= 0.3 is 0 Å². The second-order valence-electron chi connectivity index (χ2n) is 9.08. The molecule has 2 aromatic carbocycles. The van der Waals surface area contributed by atoms with Crippen molar-refractivity contribution in [2.24, 2.45) is 0 Å². The molecule has 0 amide bonds. The number of hydrogen-bond donors (Lipinski definition) is 1. The van der Waals surface area contributed by atoms with E-state index in [9.17, 15) is 17.6 Å². The molecular weight excluding hydrogens is 531 g/mol. The predicted octanol–water partition coefficient (Wildman–Crippen LogP) is 5.11. The molecule has 4 aromatic rings. The van der Waals surface area contributed by atoms with Crippen LogP contribution in [0.25, 0.3) is 11.8 Å². The number of Topliss-reactive ketones (excluding diaryl/α,β-unsaturated/α-hetero) is 1. The topological polar surface area (TPSA) is 117 Å². The smallest absolute Gasteiger partial charge is 0.219 e. The number of nitrogen functional groups attached to an aromatic ring is 1. The number of hydrogen-bond acceptors (Lipinski definition) is 7. The van der Waals surface area contributed by atoms with E-state index in [-0.39, 0.29) is 34.5 Å². The molecule has 0 fully saturated rings. The molecule has 0 radical (unpaired) electrons. The summed E-state index contributed by atoms with van der Waals surface area (Å²) in [4.78, 5) is 17.6. The molecule has 0 saturated heterocycles. The molecule has 0 unspecified atom stereocenters. The molecule has 5 rings (SSSR count). The summed E-state index contributed by atoms with van der Waals surface area (Å²) in [7, 11) is -3.27. The van der Waals surface area contributed by atoms with Crippen LogP contribution in [0.4, 0.5) is 10.2 Å². The number of benzene rings is 2. The number of sulfone groups is 1. The lowest BCUT2D eigenvalue weighted by Gasteiger charge is -2.11. The van der Waals surface area contributed by atoms with Gasteiger partial charge in [-0.3, -0.25) is 4.79 Å². The molecule has 194 valence electrons. The van der Waals surface area contributed by atoms with Gasteiger partial charge < -0.3 is 10.5 Å². The van der Waals surface area contributed by atoms with Crippen LogP contribution >= 0.6 is 11.6 Å². The van der Waals surface area contributed by atoms with Gasteiger partial charge in [0.05, 0.1) is 29.4 Å². The minimum absolute atomic E-state index is 0.0502. The van der Waals surface area contributed by atoms with Gasteiger partial charge in [0.15, 0.2) is 27.2 Å². The summed E-state index contributed by atoms with van der Waals surface area (Å²) in [5.41, 5.74) is 10.3. The number of ether oxygens (including phenoxy) is 1. The number of nitrogens with zero attached hydrogens (tertiary/aromatic N) is 3. The van der Waals surface area contributed by atoms with Crippen molar-refractivity contribution in [3.05, 3.63) is 99.1 Å². The number of rotatable bonds is 7. The Morgan fingerprint density at radius 1 is 1.21 bits per heavy atom. The standard InChI is InChI=1S/C27H22ClFN4O4S/c1-15-7-25(37-24-6-4-3-5-22(24)29)31-13-23(15)33-27(30)20(12-32-33)26(34)18-8-16-10-19(14-38(2,35)36)21(28)11-17(16)9-18/h3-7,9-13H,8,14,30H2,1-2H3. The van der Waals surface area contributed by atoms with Crippen LogP contribution in [0.5, 0.6) is 11.6 Å². The Morgan fingerprint density at radius 3 is 2.68 bits per heavy atom. The van der Waals surface area contributed by atoms with Crippen molar-refractivity contribution >= 4 is 39.1 Å². The molecule has 11 heteroatoms. The maximum absolute atomic E-state index is 13.9. The molecule has 2 heterocycles. The summed E-state index contributed by atoms with van der Waals surface area (Å²) in [5.74, 6) is -0.603. The first-order chi connectivity index (χ1) is 18.0. The number of allylic oxidation sites excluding steroid dienone is 1. The van der Waals surface area contributed by atoms with Gasteiger partial charge in [-0.05, 0) is 53.5 Å². The third kappa shape index (κ3) is 5.05. The lowest BCUT2D eigenvalue weighted by molar-refractivity contribution is 0.103. The van der Waals surface area contributed by atoms with Gasteiger partial charge in [-0.15, -0.1) is 0 Å². The zero-order chi connectivity index (χ0) is 27.2. The molecule has 2 N–H and O–H groups in total. The monoisotopic (exact) mass is 552 g/mol. The molecule has 0 bridgehead atoms. The van der Waals surface area contributed by atoms with Crippen molar-refractivity contribution in [2.75, 3.05) is 12.0 Å². The lowest BCUT2D eigenvalue weighted by atomic mass is 10.0. The second-order valence-corrected chi connectivity index (χ2v) is 11.6. The number of carbonyl (C=O) groups is 1. The molecule has 38 heavy (non-hydrogen) atoms. The first-order valence-corrected chi connectivity index (χ1v) is 13.9. The quantitative estimate of drug-likeness (QED) is 0.317. The third-order valence-corrected chi connectivity index (χ3v) is 7.30. The highest BCUT2D eigenvalue weighted by Gasteiger charge is 2.25. The van der Waals surface area contributed by atoms with E-state index in [0.717, 1.165) is 17.4 Å². The lowest BCUT2D eigenvalue weighted by Crippen LogP contribution is -2.09. The Hall–Kier alpha value is -4.02. The van der Waals surface area contributed by atoms with Crippen LogP contribution in [0.3, 0.4) is 0 Å². The Labute approximate surface area is 223 Å². The van der Waals surface area contributed by atoms with Crippen molar-refractivity contribution < 1.29 is 22.3 Å². The first-order valence-electron chi connectivity index (χ1n) is 11.5. The van der Waals surface area contributed by atoms with E-state index < -0.39 is 15.7 Å². The van der Waals surface area contributed by atoms with Crippen LogP contribution in [0.1, 0.15) is 32.6 Å². The van der Waals surface area contributed by atoms with Crippen LogP contribution in [0.2, 0.25) is 5.02 Å². The number of nitrogens with two attached hydrogens (primary N) is 1. The van der Waals surface area contributed by atoms with Crippen LogP contribution < -0.4 is 10.5 Å². The summed E-state index contributed by atoms with van der Waals surface area (Å²) >= 11 is 6.29. The summed E-state index contributed by atoms with van der Waals surface area (Å²) in [6.45, 7) is 1.79. The molecule has 0 saturated carbocycles. The first kappa shape index (κ1) is 25.6. The van der Waals surface area contributed by atoms with Crippen LogP contribution in [-0.2, 0) is 22.0 Å². The predicted molar refractivity (Wildman–Crippen MR) is 143 cm³/mol. The molecule has 1 aliphatic rings. The molecule has 1 aliphatic carbocycles. The minimum Gasteiger partial charge on any atom is -0.436 e. The highest BCUT2D eigenvalue weighted by molar-refractivity contribution is 7.89. The molecule has 8 nitrogen and oxygen atoms in total. The van der Waals surface area contributed by atoms with Crippen LogP contribution in [-0.4, -0.2) is 35.2 Å². The number of anilines is 1. The Kier molecular flexibility index (Phi) is 6.54. The van der Waals surface area contributed by atoms with Crippen LogP contribution in [0.15, 0.2) is 60.4 Å². The largest absolute Gasteiger partial charge is 0.436 e. The van der Waals surface area contributed by atoms with E-state index in [4.69, 9.17) is 22.1 Å². The van der Waals surface area contributed by atoms with Crippen LogP contribution in [0, 0.1) is 12.7 Å². The third-order valence-electron chi connectivity index (χ3n) is 6.12. The van der Waals surface area contributed by atoms with E-state index in [0.29, 0.717) is 33.8 Å². The highest BCUT2D eigenvalue weighted by atomic mass is 35.5. The average molecular weight is 553 g/mol. The van der Waals surface area contributed by atoms with Gasteiger partial charge in [-0.2, -0.15) is 5.10 Å². The van der Waals surface area contributed by atoms with Crippen molar-refractivity contribution in [1.29, 1.82) is 0 Å². The van der Waals surface area contributed by atoms with Crippen molar-refractivity contribution in [3.8, 4) is 17.3 Å². The summed E-state index contributed by atoms with van der Waals surface area (Å²) in [5, 5.41) is 4.63. The Morgan fingerprint density at radius 2 is 1.97 bits per heavy atom. The minimum atomic E-state index is -3.27. The Bertz CT molecular complexity index is 1750. The fourth-order valence-electron chi connectivity index (χ4n) is 4.29. The van der Waals surface area contributed by atoms with Crippen molar-refractivity contribution in [2.45, 2.75) is 19.1 Å². The fraction of sp³-hybridized carbons (Fsp3) is 0.148. The van der Waals surface area contributed by atoms with Gasteiger partial charge in [-0.1, -0.05) is 29.8 Å². The second kappa shape index (κ2) is 9.70. The Balaban J connectivity index is 1.38. The number of halogens is 2. The summed E-state index contributed by atoms with van der Waals surface area (Å²) in [6, 6.07) is 11.0. The maximum Gasteiger partial charge on any atom is 0.219 e. The normalized spacial score (nSPS) is 12.8. The van der Waals surface area contributed by atoms with Gasteiger partial charge in [0.1, 0.15) is 5.82 Å². The van der Waals surface area contributed by atoms with E-state index in [1.807, 2.05) is 0 Å². The molecular formula is C27H22ClFN4O4S. The van der Waals surface area contributed by atoms with Gasteiger partial charge in [0, 0.05) is 29.3 Å². The number of aryl methyl sites for hydroxylation is 1. The highest BCUT2D eigenvalue weighted by Crippen LogP contribution is 2.34. The van der Waals surface area contributed by atoms with E-state index >= 15 is 0 Å². The number of pyridine rings is 1. The SMILES string of the molecule is Cc1cc(Oc2ccccc2F)ncc1-n1ncc(C(=O)C2=Cc3cc(Cl)c(CS(C)(=O)=O)cc3C2)c1N. The number of ketones is 1. The number of aromatic nitrogens is 3. The number of fused-ring (bicyclic) bond motifs is 1. The zero-order valence-electron chi connectivity index (χ0n) is 20.4. The summed E-state index contributed by atoms with van der Waals surface area (Å²) in [6.07, 6.45) is 6.07. The van der Waals surface area contributed by atoms with Gasteiger partial charge in [-0.25, -0.2) is 22.5 Å². The van der Waals surface area contributed by atoms with E-state index in [2.05, 4.69) is 10.1 Å². The number of para-hydroxylation sites is 1. The van der Waals surface area contributed by atoms with E-state index in [1.165, 1.54) is 29.2 Å². The maximum atomic E-state index is 13.9. The van der Waals surface area contributed by atoms with E-state index in [1.54, 1.807) is 43.3 Å². The molecule has 0 spiro atoms. The zero-order valence-corrected chi connectivity index (χ0v) is 22.0.